The number of aromatic nitrogens is 1. The SMILES string of the molecule is CN[C@H](CNC(=O)Nc1cccnc1Cl)Cc1ccccc1. The summed E-state index contributed by atoms with van der Waals surface area (Å²) in [6, 6.07) is 13.4. The molecule has 2 rings (SSSR count). The Labute approximate surface area is 135 Å². The maximum absolute atomic E-state index is 11.9. The maximum Gasteiger partial charge on any atom is 0.319 e. The summed E-state index contributed by atoms with van der Waals surface area (Å²) >= 11 is 5.90. The van der Waals surface area contributed by atoms with E-state index in [4.69, 9.17) is 11.6 Å². The summed E-state index contributed by atoms with van der Waals surface area (Å²) in [5, 5.41) is 8.98. The highest BCUT2D eigenvalue weighted by molar-refractivity contribution is 6.32. The molecule has 0 saturated heterocycles. The molecular formula is C16H19ClN4O. The minimum absolute atomic E-state index is 0.150. The van der Waals surface area contributed by atoms with Crippen molar-refractivity contribution in [3.8, 4) is 0 Å². The summed E-state index contributed by atoms with van der Waals surface area (Å²) in [6.45, 7) is 0.509. The van der Waals surface area contributed by atoms with Crippen molar-refractivity contribution in [3.05, 3.63) is 59.4 Å². The van der Waals surface area contributed by atoms with Crippen LogP contribution in [0.5, 0.6) is 0 Å². The average Bonchev–Trinajstić information content (AvgIpc) is 2.54. The van der Waals surface area contributed by atoms with Gasteiger partial charge in [0.25, 0.3) is 0 Å². The van der Waals surface area contributed by atoms with E-state index in [0.717, 1.165) is 6.42 Å². The van der Waals surface area contributed by atoms with E-state index in [0.29, 0.717) is 12.2 Å². The van der Waals surface area contributed by atoms with Gasteiger partial charge >= 0.3 is 6.03 Å². The predicted molar refractivity (Wildman–Crippen MR) is 89.3 cm³/mol. The number of benzene rings is 1. The Hall–Kier alpha value is -2.11. The highest BCUT2D eigenvalue weighted by Gasteiger charge is 2.10. The summed E-state index contributed by atoms with van der Waals surface area (Å²) < 4.78 is 0. The molecule has 0 aliphatic heterocycles. The lowest BCUT2D eigenvalue weighted by Crippen LogP contribution is -2.42. The third-order valence-electron chi connectivity index (χ3n) is 3.25. The molecular weight excluding hydrogens is 300 g/mol. The molecule has 6 heteroatoms. The van der Waals surface area contributed by atoms with Gasteiger partial charge < -0.3 is 16.0 Å². The van der Waals surface area contributed by atoms with Crippen LogP contribution in [0.2, 0.25) is 5.15 Å². The van der Waals surface area contributed by atoms with Gasteiger partial charge in [-0.3, -0.25) is 0 Å². The number of carbonyl (C=O) groups excluding carboxylic acids is 1. The number of nitrogens with one attached hydrogen (secondary N) is 3. The molecule has 1 aromatic carbocycles. The Morgan fingerprint density at radius 3 is 2.68 bits per heavy atom. The molecule has 0 aliphatic rings. The molecule has 0 saturated carbocycles. The second-order valence-electron chi connectivity index (χ2n) is 4.85. The number of hydrogen-bond donors (Lipinski definition) is 3. The Kier molecular flexibility index (Phi) is 6.18. The minimum Gasteiger partial charge on any atom is -0.336 e. The summed E-state index contributed by atoms with van der Waals surface area (Å²) in [6.07, 6.45) is 2.41. The molecule has 116 valence electrons. The number of hydrogen-bond acceptors (Lipinski definition) is 3. The number of anilines is 1. The lowest BCUT2D eigenvalue weighted by molar-refractivity contribution is 0.251. The van der Waals surface area contributed by atoms with Gasteiger partial charge in [-0.25, -0.2) is 9.78 Å². The molecule has 1 aromatic heterocycles. The van der Waals surface area contributed by atoms with Crippen LogP contribution in [0.1, 0.15) is 5.56 Å². The number of rotatable bonds is 6. The van der Waals surface area contributed by atoms with Crippen molar-refractivity contribution in [2.24, 2.45) is 0 Å². The van der Waals surface area contributed by atoms with Gasteiger partial charge in [-0.05, 0) is 31.2 Å². The quantitative estimate of drug-likeness (QED) is 0.717. The Bertz CT molecular complexity index is 606. The standard InChI is InChI=1S/C16H19ClN4O/c1-18-13(10-12-6-3-2-4-7-12)11-20-16(22)21-14-8-5-9-19-15(14)17/h2-9,13,18H,10-11H2,1H3,(H2,20,21,22)/t13-/m0/s1. The van der Waals surface area contributed by atoms with Crippen LogP contribution >= 0.6 is 11.6 Å². The summed E-state index contributed by atoms with van der Waals surface area (Å²) in [7, 11) is 1.88. The van der Waals surface area contributed by atoms with Crippen LogP contribution in [-0.2, 0) is 6.42 Å². The van der Waals surface area contributed by atoms with Crippen molar-refractivity contribution in [1.29, 1.82) is 0 Å². The topological polar surface area (TPSA) is 66.0 Å². The van der Waals surface area contributed by atoms with E-state index in [2.05, 4.69) is 33.1 Å². The lowest BCUT2D eigenvalue weighted by Gasteiger charge is -2.17. The summed E-state index contributed by atoms with van der Waals surface area (Å²) in [5.41, 5.74) is 1.71. The molecule has 0 spiro atoms. The molecule has 0 aliphatic carbocycles. The van der Waals surface area contributed by atoms with Crippen molar-refractivity contribution < 1.29 is 4.79 Å². The number of halogens is 1. The lowest BCUT2D eigenvalue weighted by atomic mass is 10.1. The number of pyridine rings is 1. The number of nitrogens with zero attached hydrogens (tertiary/aromatic N) is 1. The van der Waals surface area contributed by atoms with Crippen LogP contribution in [0.4, 0.5) is 10.5 Å². The van der Waals surface area contributed by atoms with E-state index in [1.165, 1.54) is 5.56 Å². The number of carbonyl (C=O) groups is 1. The molecule has 0 bridgehead atoms. The first-order valence-electron chi connectivity index (χ1n) is 7.05. The van der Waals surface area contributed by atoms with Crippen molar-refractivity contribution >= 4 is 23.3 Å². The fourth-order valence-corrected chi connectivity index (χ4v) is 2.20. The maximum atomic E-state index is 11.9. The molecule has 0 radical (unpaired) electrons. The molecule has 3 N–H and O–H groups in total. The van der Waals surface area contributed by atoms with Gasteiger partial charge in [0.15, 0.2) is 5.15 Å². The van der Waals surface area contributed by atoms with Gasteiger partial charge in [0.2, 0.25) is 0 Å². The highest BCUT2D eigenvalue weighted by Crippen LogP contribution is 2.16. The molecule has 0 unspecified atom stereocenters. The first-order valence-corrected chi connectivity index (χ1v) is 7.43. The second-order valence-corrected chi connectivity index (χ2v) is 5.21. The summed E-state index contributed by atoms with van der Waals surface area (Å²) in [5.74, 6) is 0. The van der Waals surface area contributed by atoms with Crippen molar-refractivity contribution in [3.63, 3.8) is 0 Å². The fourth-order valence-electron chi connectivity index (χ4n) is 2.04. The Morgan fingerprint density at radius 1 is 1.23 bits per heavy atom. The van der Waals surface area contributed by atoms with Crippen molar-refractivity contribution in [1.82, 2.24) is 15.6 Å². The molecule has 2 aromatic rings. The van der Waals surface area contributed by atoms with Gasteiger partial charge in [-0.15, -0.1) is 0 Å². The molecule has 1 heterocycles. The first kappa shape index (κ1) is 16.3. The van der Waals surface area contributed by atoms with Crippen LogP contribution in [0.3, 0.4) is 0 Å². The van der Waals surface area contributed by atoms with Crippen LogP contribution in [0, 0.1) is 0 Å². The molecule has 22 heavy (non-hydrogen) atoms. The highest BCUT2D eigenvalue weighted by atomic mass is 35.5. The molecule has 2 amide bonds. The van der Waals surface area contributed by atoms with Crippen LogP contribution < -0.4 is 16.0 Å². The second kappa shape index (κ2) is 8.36. The van der Waals surface area contributed by atoms with Gasteiger partial charge in [0, 0.05) is 18.8 Å². The van der Waals surface area contributed by atoms with Crippen LogP contribution in [0.25, 0.3) is 0 Å². The van der Waals surface area contributed by atoms with E-state index in [-0.39, 0.29) is 17.2 Å². The number of urea groups is 1. The Balaban J connectivity index is 1.83. The molecule has 0 fully saturated rings. The zero-order chi connectivity index (χ0) is 15.8. The zero-order valence-electron chi connectivity index (χ0n) is 12.3. The number of likely N-dealkylation sites (N-methyl/N-ethyl adjacent to an activating group) is 1. The van der Waals surface area contributed by atoms with Crippen molar-refractivity contribution in [2.45, 2.75) is 12.5 Å². The van der Waals surface area contributed by atoms with Crippen LogP contribution in [0.15, 0.2) is 48.7 Å². The third kappa shape index (κ3) is 5.02. The van der Waals surface area contributed by atoms with E-state index in [1.54, 1.807) is 18.3 Å². The van der Waals surface area contributed by atoms with Crippen LogP contribution in [-0.4, -0.2) is 30.6 Å². The summed E-state index contributed by atoms with van der Waals surface area (Å²) in [4.78, 5) is 15.8. The van der Waals surface area contributed by atoms with Gasteiger partial charge in [0.1, 0.15) is 0 Å². The zero-order valence-corrected chi connectivity index (χ0v) is 13.1. The van der Waals surface area contributed by atoms with E-state index >= 15 is 0 Å². The average molecular weight is 319 g/mol. The third-order valence-corrected chi connectivity index (χ3v) is 3.55. The minimum atomic E-state index is -0.303. The van der Waals surface area contributed by atoms with Gasteiger partial charge in [-0.1, -0.05) is 41.9 Å². The molecule has 1 atom stereocenters. The van der Waals surface area contributed by atoms with Gasteiger partial charge in [0.05, 0.1) is 5.69 Å². The smallest absolute Gasteiger partial charge is 0.319 e. The van der Waals surface area contributed by atoms with E-state index < -0.39 is 0 Å². The van der Waals surface area contributed by atoms with E-state index in [1.807, 2.05) is 25.2 Å². The van der Waals surface area contributed by atoms with E-state index in [9.17, 15) is 4.79 Å². The molecule has 5 nitrogen and oxygen atoms in total. The number of amides is 2. The monoisotopic (exact) mass is 318 g/mol. The normalized spacial score (nSPS) is 11.7. The van der Waals surface area contributed by atoms with Crippen molar-refractivity contribution in [2.75, 3.05) is 18.9 Å². The Morgan fingerprint density at radius 2 is 2.00 bits per heavy atom. The van der Waals surface area contributed by atoms with Gasteiger partial charge in [-0.2, -0.15) is 0 Å². The largest absolute Gasteiger partial charge is 0.336 e. The fraction of sp³-hybridized carbons (Fsp3) is 0.250. The predicted octanol–water partition coefficient (Wildman–Crippen LogP) is 2.69. The first-order chi connectivity index (χ1) is 10.7.